The van der Waals surface area contributed by atoms with Crippen molar-refractivity contribution in [3.8, 4) is 0 Å². The molecule has 2 rings (SSSR count). The van der Waals surface area contributed by atoms with Crippen LogP contribution in [-0.4, -0.2) is 36.4 Å². The molecule has 1 aromatic rings. The van der Waals surface area contributed by atoms with Crippen LogP contribution in [0.1, 0.15) is 51.2 Å². The summed E-state index contributed by atoms with van der Waals surface area (Å²) in [7, 11) is 1.98. The SMILES string of the molecule is C=C/C(CCC)=C(/NC1(C(C)=O)CN(C)C1)c1cc(Cl)c(Br)c(F)c1CCC. The lowest BCUT2D eigenvalue weighted by molar-refractivity contribution is -0.128. The van der Waals surface area contributed by atoms with E-state index in [9.17, 15) is 4.79 Å². The first kappa shape index (κ1) is 23.1. The van der Waals surface area contributed by atoms with Crippen molar-refractivity contribution in [2.75, 3.05) is 20.1 Å². The molecular weight excluding hydrogens is 443 g/mol. The number of hydrogen-bond donors (Lipinski definition) is 1. The van der Waals surface area contributed by atoms with Crippen molar-refractivity contribution in [2.45, 2.75) is 52.0 Å². The van der Waals surface area contributed by atoms with Crippen LogP contribution in [0.4, 0.5) is 4.39 Å². The molecule has 0 atom stereocenters. The first-order valence-electron chi connectivity index (χ1n) is 9.70. The third kappa shape index (κ3) is 4.52. The Kier molecular flexibility index (Phi) is 7.89. The number of allylic oxidation sites excluding steroid dienone is 2. The summed E-state index contributed by atoms with van der Waals surface area (Å²) in [6.45, 7) is 10.9. The Balaban J connectivity index is 2.71. The van der Waals surface area contributed by atoms with E-state index in [4.69, 9.17) is 11.6 Å². The van der Waals surface area contributed by atoms with Crippen LogP contribution in [0, 0.1) is 5.82 Å². The molecule has 1 aromatic carbocycles. The van der Waals surface area contributed by atoms with Crippen molar-refractivity contribution >= 4 is 39.0 Å². The molecule has 1 aliphatic heterocycles. The van der Waals surface area contributed by atoms with Crippen molar-refractivity contribution in [1.29, 1.82) is 0 Å². The molecule has 0 unspecified atom stereocenters. The molecule has 1 N–H and O–H groups in total. The van der Waals surface area contributed by atoms with Gasteiger partial charge in [0.05, 0.1) is 9.50 Å². The first-order chi connectivity index (χ1) is 13.2. The number of likely N-dealkylation sites (tertiary alicyclic amines) is 1. The van der Waals surface area contributed by atoms with Crippen LogP contribution in [0.2, 0.25) is 5.02 Å². The average molecular weight is 472 g/mol. The molecule has 1 heterocycles. The number of carbonyl (C=O) groups excluding carboxylic acids is 1. The fourth-order valence-electron chi connectivity index (χ4n) is 3.77. The van der Waals surface area contributed by atoms with Crippen LogP contribution in [0.25, 0.3) is 5.70 Å². The van der Waals surface area contributed by atoms with Crippen LogP contribution in [0.15, 0.2) is 28.8 Å². The Morgan fingerprint density at radius 3 is 2.54 bits per heavy atom. The summed E-state index contributed by atoms with van der Waals surface area (Å²) >= 11 is 9.59. The lowest BCUT2D eigenvalue weighted by atomic mass is 9.84. The molecule has 0 amide bonds. The average Bonchev–Trinajstić information content (AvgIpc) is 2.63. The molecule has 0 bridgehead atoms. The van der Waals surface area contributed by atoms with E-state index < -0.39 is 5.54 Å². The number of halogens is 3. The van der Waals surface area contributed by atoms with Crippen LogP contribution in [0.5, 0.6) is 0 Å². The molecule has 0 saturated carbocycles. The Morgan fingerprint density at radius 2 is 2.07 bits per heavy atom. The number of Topliss-reactive ketones (excluding diaryl/α,β-unsaturated/α-hetero) is 1. The van der Waals surface area contributed by atoms with Gasteiger partial charge in [-0.05, 0) is 59.9 Å². The summed E-state index contributed by atoms with van der Waals surface area (Å²) in [6.07, 6.45) is 4.85. The Morgan fingerprint density at radius 1 is 1.43 bits per heavy atom. The van der Waals surface area contributed by atoms with Gasteiger partial charge >= 0.3 is 0 Å². The van der Waals surface area contributed by atoms with Crippen LogP contribution in [-0.2, 0) is 11.2 Å². The van der Waals surface area contributed by atoms with Gasteiger partial charge in [0, 0.05) is 24.4 Å². The smallest absolute Gasteiger partial charge is 0.157 e. The summed E-state index contributed by atoms with van der Waals surface area (Å²) in [4.78, 5) is 14.6. The summed E-state index contributed by atoms with van der Waals surface area (Å²) < 4.78 is 15.4. The van der Waals surface area contributed by atoms with Gasteiger partial charge in [-0.15, -0.1) is 0 Å². The maximum atomic E-state index is 15.1. The minimum Gasteiger partial charge on any atom is -0.370 e. The highest BCUT2D eigenvalue weighted by atomic mass is 79.9. The van der Waals surface area contributed by atoms with E-state index in [0.717, 1.165) is 30.5 Å². The standard InChI is InChI=1S/C22H29BrClFN2O/c1-6-9-15(8-3)21(26-22(14(4)28)12-27(5)13-22)17-11-18(24)19(23)20(25)16(17)10-7-2/h8,11,26H,3,6-7,9-10,12-13H2,1-2,4-5H3/b21-15-. The van der Waals surface area contributed by atoms with Gasteiger partial charge in [-0.1, -0.05) is 50.9 Å². The number of benzene rings is 1. The maximum Gasteiger partial charge on any atom is 0.157 e. The molecule has 3 nitrogen and oxygen atoms in total. The zero-order valence-electron chi connectivity index (χ0n) is 17.1. The van der Waals surface area contributed by atoms with Crippen molar-refractivity contribution < 1.29 is 9.18 Å². The molecule has 28 heavy (non-hydrogen) atoms. The van der Waals surface area contributed by atoms with Crippen molar-refractivity contribution in [1.82, 2.24) is 10.2 Å². The highest BCUT2D eigenvalue weighted by molar-refractivity contribution is 9.10. The molecule has 1 fully saturated rings. The summed E-state index contributed by atoms with van der Waals surface area (Å²) in [6, 6.07) is 1.79. The van der Waals surface area contributed by atoms with E-state index in [2.05, 4.69) is 39.6 Å². The maximum absolute atomic E-state index is 15.1. The summed E-state index contributed by atoms with van der Waals surface area (Å²) in [5.41, 5.74) is 2.37. The second kappa shape index (κ2) is 9.55. The number of hydrogen-bond acceptors (Lipinski definition) is 3. The number of rotatable bonds is 9. The van der Waals surface area contributed by atoms with Crippen molar-refractivity contribution in [3.05, 3.63) is 50.7 Å². The minimum atomic E-state index is -0.675. The molecule has 0 spiro atoms. The van der Waals surface area contributed by atoms with Gasteiger partial charge in [-0.3, -0.25) is 4.79 Å². The van der Waals surface area contributed by atoms with Crippen molar-refractivity contribution in [2.24, 2.45) is 0 Å². The van der Waals surface area contributed by atoms with E-state index in [1.807, 2.05) is 14.0 Å². The third-order valence-corrected chi connectivity index (χ3v) is 6.54. The first-order valence-corrected chi connectivity index (χ1v) is 10.9. The lowest BCUT2D eigenvalue weighted by Crippen LogP contribution is -2.71. The molecule has 1 aliphatic rings. The largest absolute Gasteiger partial charge is 0.370 e. The monoisotopic (exact) mass is 470 g/mol. The fraction of sp³-hybridized carbons (Fsp3) is 0.500. The minimum absolute atomic E-state index is 0.0729. The van der Waals surface area contributed by atoms with Crippen LogP contribution < -0.4 is 5.32 Å². The van der Waals surface area contributed by atoms with Gasteiger partial charge in [0.25, 0.3) is 0 Å². The van der Waals surface area contributed by atoms with E-state index in [1.54, 1.807) is 19.1 Å². The van der Waals surface area contributed by atoms with Crippen LogP contribution >= 0.6 is 27.5 Å². The molecular formula is C22H29BrClFN2O. The molecule has 0 aromatic heterocycles. The third-order valence-electron chi connectivity index (χ3n) is 5.24. The summed E-state index contributed by atoms with van der Waals surface area (Å²) in [5.74, 6) is -0.269. The quantitative estimate of drug-likeness (QED) is 0.367. The number of nitrogens with one attached hydrogen (secondary N) is 1. The second-order valence-electron chi connectivity index (χ2n) is 7.55. The predicted molar refractivity (Wildman–Crippen MR) is 119 cm³/mol. The number of nitrogens with zero attached hydrogens (tertiary/aromatic N) is 1. The predicted octanol–water partition coefficient (Wildman–Crippen LogP) is 5.75. The molecule has 154 valence electrons. The highest BCUT2D eigenvalue weighted by Gasteiger charge is 2.46. The van der Waals surface area contributed by atoms with E-state index in [-0.39, 0.29) is 16.1 Å². The van der Waals surface area contributed by atoms with Gasteiger partial charge in [0.2, 0.25) is 0 Å². The van der Waals surface area contributed by atoms with Gasteiger partial charge < -0.3 is 10.2 Å². The zero-order valence-corrected chi connectivity index (χ0v) is 19.4. The van der Waals surface area contributed by atoms with E-state index >= 15 is 4.39 Å². The Hall–Kier alpha value is -1.17. The Labute approximate surface area is 181 Å². The van der Waals surface area contributed by atoms with Gasteiger partial charge in [-0.2, -0.15) is 0 Å². The molecule has 1 saturated heterocycles. The lowest BCUT2D eigenvalue weighted by Gasteiger charge is -2.48. The summed E-state index contributed by atoms with van der Waals surface area (Å²) in [5, 5.41) is 3.81. The molecule has 0 aliphatic carbocycles. The van der Waals surface area contributed by atoms with Gasteiger partial charge in [0.1, 0.15) is 11.4 Å². The van der Waals surface area contributed by atoms with Crippen molar-refractivity contribution in [3.63, 3.8) is 0 Å². The van der Waals surface area contributed by atoms with E-state index in [0.29, 0.717) is 35.7 Å². The normalized spacial score (nSPS) is 17.0. The number of likely N-dealkylation sites (N-methyl/N-ethyl adjacent to an activating group) is 1. The topological polar surface area (TPSA) is 32.3 Å². The van der Waals surface area contributed by atoms with Gasteiger partial charge in [0.15, 0.2) is 5.78 Å². The molecule has 0 radical (unpaired) electrons. The molecule has 6 heteroatoms. The highest BCUT2D eigenvalue weighted by Crippen LogP contribution is 2.37. The fourth-order valence-corrected chi connectivity index (χ4v) is 4.32. The zero-order chi connectivity index (χ0) is 21.1. The second-order valence-corrected chi connectivity index (χ2v) is 8.75. The Bertz CT molecular complexity index is 800. The van der Waals surface area contributed by atoms with E-state index in [1.165, 1.54) is 0 Å². The van der Waals surface area contributed by atoms with Crippen LogP contribution in [0.3, 0.4) is 0 Å². The van der Waals surface area contributed by atoms with Gasteiger partial charge in [-0.25, -0.2) is 4.39 Å². The number of ketones is 1. The number of carbonyl (C=O) groups is 1.